The fraction of sp³-hybridized carbons (Fsp3) is 0.444. The highest BCUT2D eigenvalue weighted by Crippen LogP contribution is 2.11. The highest BCUT2D eigenvalue weighted by molar-refractivity contribution is 5.32. The summed E-state index contributed by atoms with van der Waals surface area (Å²) in [5.74, 6) is 1.24. The zero-order valence-corrected chi connectivity index (χ0v) is 8.77. The summed E-state index contributed by atoms with van der Waals surface area (Å²) < 4.78 is 6.83. The first kappa shape index (κ1) is 9.70. The van der Waals surface area contributed by atoms with Crippen LogP contribution in [0.5, 0.6) is 0 Å². The Morgan fingerprint density at radius 2 is 2.33 bits per heavy atom. The molecule has 0 aliphatic carbocycles. The molecule has 0 saturated heterocycles. The molecular formula is C9H13N5O. The highest BCUT2D eigenvalue weighted by Gasteiger charge is 2.10. The summed E-state index contributed by atoms with van der Waals surface area (Å²) in [6, 6.07) is 1.87. The highest BCUT2D eigenvalue weighted by atomic mass is 16.5. The molecule has 0 saturated carbocycles. The van der Waals surface area contributed by atoms with Crippen LogP contribution in [-0.4, -0.2) is 20.2 Å². The number of hydrogen-bond donors (Lipinski definition) is 1. The van der Waals surface area contributed by atoms with Gasteiger partial charge in [0.15, 0.2) is 11.6 Å². The minimum Gasteiger partial charge on any atom is -0.381 e. The summed E-state index contributed by atoms with van der Waals surface area (Å²) in [4.78, 5) is 0. The van der Waals surface area contributed by atoms with Gasteiger partial charge in [-0.2, -0.15) is 0 Å². The van der Waals surface area contributed by atoms with Gasteiger partial charge >= 0.3 is 0 Å². The molecule has 6 nitrogen and oxygen atoms in total. The van der Waals surface area contributed by atoms with Crippen molar-refractivity contribution in [1.82, 2.24) is 20.2 Å². The number of aryl methyl sites for hydroxylation is 1. The van der Waals surface area contributed by atoms with Crippen molar-refractivity contribution in [3.8, 4) is 0 Å². The fourth-order valence-corrected chi connectivity index (χ4v) is 1.48. The monoisotopic (exact) mass is 207 g/mol. The van der Waals surface area contributed by atoms with Crippen molar-refractivity contribution in [1.29, 1.82) is 0 Å². The number of aromatic nitrogens is 4. The van der Waals surface area contributed by atoms with E-state index in [1.807, 2.05) is 19.9 Å². The van der Waals surface area contributed by atoms with E-state index in [0.29, 0.717) is 12.4 Å². The molecule has 2 aromatic rings. The molecule has 0 aliphatic rings. The average molecular weight is 207 g/mol. The van der Waals surface area contributed by atoms with Crippen molar-refractivity contribution < 1.29 is 4.52 Å². The van der Waals surface area contributed by atoms with E-state index in [0.717, 1.165) is 23.6 Å². The van der Waals surface area contributed by atoms with E-state index in [1.165, 1.54) is 0 Å². The molecule has 0 spiro atoms. The Kier molecular flexibility index (Phi) is 2.40. The number of hydrogen-bond acceptors (Lipinski definition) is 5. The van der Waals surface area contributed by atoms with Crippen molar-refractivity contribution in [2.75, 3.05) is 5.73 Å². The van der Waals surface area contributed by atoms with Gasteiger partial charge in [0.05, 0.1) is 11.4 Å². The Bertz CT molecular complexity index is 459. The maximum atomic E-state index is 5.67. The van der Waals surface area contributed by atoms with Crippen molar-refractivity contribution >= 4 is 5.82 Å². The van der Waals surface area contributed by atoms with Crippen LogP contribution < -0.4 is 5.73 Å². The molecule has 2 heterocycles. The van der Waals surface area contributed by atoms with E-state index in [4.69, 9.17) is 10.3 Å². The maximum absolute atomic E-state index is 5.67. The summed E-state index contributed by atoms with van der Waals surface area (Å²) in [5, 5.41) is 11.6. The first-order valence-corrected chi connectivity index (χ1v) is 4.80. The Hall–Kier alpha value is -1.85. The van der Waals surface area contributed by atoms with Crippen LogP contribution in [0.3, 0.4) is 0 Å². The van der Waals surface area contributed by atoms with Crippen LogP contribution in [0.15, 0.2) is 10.6 Å². The largest absolute Gasteiger partial charge is 0.381 e. The molecule has 0 fully saturated rings. The van der Waals surface area contributed by atoms with Gasteiger partial charge in [-0.15, -0.1) is 5.10 Å². The SMILES string of the molecule is CCc1c(N)nnn1Cc1cc(C)no1. The number of anilines is 1. The topological polar surface area (TPSA) is 82.8 Å². The van der Waals surface area contributed by atoms with Crippen molar-refractivity contribution in [2.24, 2.45) is 0 Å². The lowest BCUT2D eigenvalue weighted by atomic mass is 10.3. The third-order valence-electron chi connectivity index (χ3n) is 2.18. The fourth-order valence-electron chi connectivity index (χ4n) is 1.48. The first-order chi connectivity index (χ1) is 7.20. The third-order valence-corrected chi connectivity index (χ3v) is 2.18. The van der Waals surface area contributed by atoms with Crippen LogP contribution in [0, 0.1) is 6.92 Å². The summed E-state index contributed by atoms with van der Waals surface area (Å²) >= 11 is 0. The van der Waals surface area contributed by atoms with E-state index in [2.05, 4.69) is 15.5 Å². The summed E-state index contributed by atoms with van der Waals surface area (Å²) in [6.45, 7) is 4.41. The minimum absolute atomic E-state index is 0.480. The lowest BCUT2D eigenvalue weighted by Crippen LogP contribution is -2.06. The van der Waals surface area contributed by atoms with E-state index >= 15 is 0 Å². The second-order valence-corrected chi connectivity index (χ2v) is 3.37. The second-order valence-electron chi connectivity index (χ2n) is 3.37. The standard InChI is InChI=1S/C9H13N5O/c1-3-8-9(10)11-13-14(8)5-7-4-6(2)12-15-7/h4H,3,5,10H2,1-2H3. The Labute approximate surface area is 87.0 Å². The second kappa shape index (κ2) is 3.72. The van der Waals surface area contributed by atoms with Crippen LogP contribution in [0.2, 0.25) is 0 Å². The molecule has 0 aliphatic heterocycles. The number of nitrogens with zero attached hydrogens (tertiary/aromatic N) is 4. The number of nitrogens with two attached hydrogens (primary N) is 1. The third kappa shape index (κ3) is 1.83. The smallest absolute Gasteiger partial charge is 0.169 e. The lowest BCUT2D eigenvalue weighted by molar-refractivity contribution is 0.365. The van der Waals surface area contributed by atoms with Gasteiger partial charge in [-0.3, -0.25) is 0 Å². The van der Waals surface area contributed by atoms with Crippen LogP contribution in [0.1, 0.15) is 24.1 Å². The molecule has 2 rings (SSSR count). The van der Waals surface area contributed by atoms with Crippen LogP contribution in [-0.2, 0) is 13.0 Å². The van der Waals surface area contributed by atoms with Crippen molar-refractivity contribution in [2.45, 2.75) is 26.8 Å². The van der Waals surface area contributed by atoms with E-state index in [1.54, 1.807) is 4.68 Å². The molecule has 0 radical (unpaired) electrons. The van der Waals surface area contributed by atoms with Gasteiger partial charge < -0.3 is 10.3 Å². The zero-order valence-electron chi connectivity index (χ0n) is 8.77. The number of rotatable bonds is 3. The van der Waals surface area contributed by atoms with Gasteiger partial charge in [0.2, 0.25) is 0 Å². The zero-order chi connectivity index (χ0) is 10.8. The first-order valence-electron chi connectivity index (χ1n) is 4.80. The molecule has 2 aromatic heterocycles. The predicted octanol–water partition coefficient (Wildman–Crippen LogP) is 0.767. The number of nitrogen functional groups attached to an aromatic ring is 1. The summed E-state index contributed by atoms with van der Waals surface area (Å²) in [5.41, 5.74) is 7.45. The van der Waals surface area contributed by atoms with Crippen LogP contribution in [0.25, 0.3) is 0 Å². The van der Waals surface area contributed by atoms with E-state index in [-0.39, 0.29) is 0 Å². The van der Waals surface area contributed by atoms with Crippen LogP contribution >= 0.6 is 0 Å². The quantitative estimate of drug-likeness (QED) is 0.803. The van der Waals surface area contributed by atoms with Gasteiger partial charge in [0, 0.05) is 6.07 Å². The Morgan fingerprint density at radius 1 is 1.53 bits per heavy atom. The van der Waals surface area contributed by atoms with Gasteiger partial charge in [-0.1, -0.05) is 17.3 Å². The van der Waals surface area contributed by atoms with Gasteiger partial charge in [-0.25, -0.2) is 4.68 Å². The normalized spacial score (nSPS) is 10.8. The summed E-state index contributed by atoms with van der Waals surface area (Å²) in [6.07, 6.45) is 0.798. The van der Waals surface area contributed by atoms with E-state index < -0.39 is 0 Å². The maximum Gasteiger partial charge on any atom is 0.169 e. The molecule has 0 atom stereocenters. The van der Waals surface area contributed by atoms with Gasteiger partial charge in [0.25, 0.3) is 0 Å². The molecule has 2 N–H and O–H groups in total. The minimum atomic E-state index is 0.480. The molecule has 0 aromatic carbocycles. The molecule has 80 valence electrons. The van der Waals surface area contributed by atoms with E-state index in [9.17, 15) is 0 Å². The molecule has 15 heavy (non-hydrogen) atoms. The lowest BCUT2D eigenvalue weighted by Gasteiger charge is -2.00. The van der Waals surface area contributed by atoms with Crippen molar-refractivity contribution in [3.05, 3.63) is 23.2 Å². The molecular weight excluding hydrogens is 194 g/mol. The molecule has 0 unspecified atom stereocenters. The Morgan fingerprint density at radius 3 is 2.93 bits per heavy atom. The van der Waals surface area contributed by atoms with Gasteiger partial charge in [0.1, 0.15) is 6.54 Å². The van der Waals surface area contributed by atoms with Gasteiger partial charge in [-0.05, 0) is 13.3 Å². The van der Waals surface area contributed by atoms with Crippen LogP contribution in [0.4, 0.5) is 5.82 Å². The molecule has 0 bridgehead atoms. The summed E-state index contributed by atoms with van der Waals surface area (Å²) in [7, 11) is 0. The molecule has 0 amide bonds. The Balaban J connectivity index is 2.24. The molecule has 6 heteroatoms. The average Bonchev–Trinajstić information content (AvgIpc) is 2.75. The van der Waals surface area contributed by atoms with Crippen molar-refractivity contribution in [3.63, 3.8) is 0 Å². The predicted molar refractivity (Wildman–Crippen MR) is 54.2 cm³/mol.